The maximum atomic E-state index is 12.5. The van der Waals surface area contributed by atoms with Crippen molar-refractivity contribution >= 4 is 11.9 Å². The molecule has 2 N–H and O–H groups in total. The summed E-state index contributed by atoms with van der Waals surface area (Å²) in [5.74, 6) is -1.46. The summed E-state index contributed by atoms with van der Waals surface area (Å²) in [5.41, 5.74) is 0. The van der Waals surface area contributed by atoms with Gasteiger partial charge >= 0.3 is 5.97 Å². The van der Waals surface area contributed by atoms with E-state index in [0.29, 0.717) is 12.5 Å². The summed E-state index contributed by atoms with van der Waals surface area (Å²) in [7, 11) is 0. The molecule has 6 unspecified atom stereocenters. The van der Waals surface area contributed by atoms with Gasteiger partial charge in [0.25, 0.3) is 0 Å². The molecule has 0 spiro atoms. The van der Waals surface area contributed by atoms with Gasteiger partial charge in [-0.15, -0.1) is 0 Å². The van der Waals surface area contributed by atoms with Crippen LogP contribution in [-0.4, -0.2) is 36.2 Å². The lowest BCUT2D eigenvalue weighted by Gasteiger charge is -2.27. The van der Waals surface area contributed by atoms with Gasteiger partial charge in [0.15, 0.2) is 0 Å². The fraction of sp³-hybridized carbons (Fsp3) is 0.733. The number of carbonyl (C=O) groups excluding carboxylic acids is 1. The van der Waals surface area contributed by atoms with Crippen molar-refractivity contribution in [3.05, 3.63) is 12.2 Å². The van der Waals surface area contributed by atoms with Crippen LogP contribution in [0.3, 0.4) is 0 Å². The predicted octanol–water partition coefficient (Wildman–Crippen LogP) is 1.05. The summed E-state index contributed by atoms with van der Waals surface area (Å²) in [5, 5.41) is 12.4. The van der Waals surface area contributed by atoms with Gasteiger partial charge in [-0.2, -0.15) is 0 Å². The minimum atomic E-state index is -0.848. The number of rotatable bonds is 4. The van der Waals surface area contributed by atoms with E-state index < -0.39 is 17.8 Å². The summed E-state index contributed by atoms with van der Waals surface area (Å²) in [6, 6.07) is 0.0440. The van der Waals surface area contributed by atoms with Crippen LogP contribution in [0.4, 0.5) is 0 Å². The molecular formula is C15H21NO4. The largest absolute Gasteiger partial charge is 0.481 e. The average molecular weight is 279 g/mol. The maximum Gasteiger partial charge on any atom is 0.307 e. The number of aliphatic carboxylic acids is 1. The topological polar surface area (TPSA) is 75.6 Å². The first-order valence-corrected chi connectivity index (χ1v) is 7.37. The van der Waals surface area contributed by atoms with E-state index in [0.717, 1.165) is 19.4 Å². The van der Waals surface area contributed by atoms with Crippen LogP contribution >= 0.6 is 0 Å². The molecule has 1 saturated carbocycles. The van der Waals surface area contributed by atoms with Gasteiger partial charge in [0.2, 0.25) is 5.91 Å². The Bertz CT molecular complexity index is 441. The van der Waals surface area contributed by atoms with E-state index in [4.69, 9.17) is 4.74 Å². The number of ether oxygens (including phenoxy) is 1. The molecule has 1 aliphatic heterocycles. The van der Waals surface area contributed by atoms with Crippen LogP contribution < -0.4 is 5.32 Å². The molecule has 2 aliphatic carbocycles. The first-order valence-electron chi connectivity index (χ1n) is 7.37. The van der Waals surface area contributed by atoms with E-state index in [1.165, 1.54) is 0 Å². The summed E-state index contributed by atoms with van der Waals surface area (Å²) in [6.07, 6.45) is 5.73. The highest BCUT2D eigenvalue weighted by Crippen LogP contribution is 2.48. The van der Waals surface area contributed by atoms with E-state index in [-0.39, 0.29) is 23.8 Å². The second-order valence-electron chi connectivity index (χ2n) is 6.26. The lowest BCUT2D eigenvalue weighted by Crippen LogP contribution is -2.46. The van der Waals surface area contributed by atoms with Crippen molar-refractivity contribution in [3.63, 3.8) is 0 Å². The van der Waals surface area contributed by atoms with Crippen LogP contribution in [0.2, 0.25) is 0 Å². The van der Waals surface area contributed by atoms with Crippen LogP contribution in [-0.2, 0) is 14.3 Å². The zero-order valence-corrected chi connectivity index (χ0v) is 11.6. The monoisotopic (exact) mass is 279 g/mol. The summed E-state index contributed by atoms with van der Waals surface area (Å²) in [6.45, 7) is 3.41. The van der Waals surface area contributed by atoms with Gasteiger partial charge in [-0.05, 0) is 31.6 Å². The second kappa shape index (κ2) is 5.20. The number of allylic oxidation sites excluding steroid dienone is 2. The Kier molecular flexibility index (Phi) is 3.54. The van der Waals surface area contributed by atoms with Gasteiger partial charge in [0.1, 0.15) is 0 Å². The third-order valence-corrected chi connectivity index (χ3v) is 5.09. The molecule has 2 bridgehead atoms. The van der Waals surface area contributed by atoms with Crippen LogP contribution in [0.1, 0.15) is 19.8 Å². The standard InChI is InChI=1S/C15H21NO4/c1-8(11-4-5-20-7-11)16-14(17)12-9-2-3-10(6-9)13(12)15(18)19/h2-3,8-13H,4-7H2,1H3,(H,16,17)(H,18,19). The van der Waals surface area contributed by atoms with Crippen molar-refractivity contribution in [2.75, 3.05) is 13.2 Å². The van der Waals surface area contributed by atoms with Crippen molar-refractivity contribution in [2.24, 2.45) is 29.6 Å². The quantitative estimate of drug-likeness (QED) is 0.754. The molecule has 3 rings (SSSR count). The van der Waals surface area contributed by atoms with Crippen LogP contribution in [0.5, 0.6) is 0 Å². The number of carboxylic acid groups (broad SMARTS) is 1. The smallest absolute Gasteiger partial charge is 0.307 e. The summed E-state index contributed by atoms with van der Waals surface area (Å²) < 4.78 is 5.34. The normalized spacial score (nSPS) is 40.0. The number of nitrogens with one attached hydrogen (secondary N) is 1. The molecule has 110 valence electrons. The molecule has 5 nitrogen and oxygen atoms in total. The molecule has 3 aliphatic rings. The highest BCUT2D eigenvalue weighted by Gasteiger charge is 2.51. The first-order chi connectivity index (χ1) is 9.58. The van der Waals surface area contributed by atoms with Crippen LogP contribution in [0.15, 0.2) is 12.2 Å². The van der Waals surface area contributed by atoms with E-state index in [1.807, 2.05) is 19.1 Å². The molecule has 0 aromatic heterocycles. The third-order valence-electron chi connectivity index (χ3n) is 5.09. The third kappa shape index (κ3) is 2.24. The highest BCUT2D eigenvalue weighted by atomic mass is 16.5. The molecule has 0 aromatic rings. The van der Waals surface area contributed by atoms with E-state index in [9.17, 15) is 14.7 Å². The highest BCUT2D eigenvalue weighted by molar-refractivity contribution is 5.87. The second-order valence-corrected chi connectivity index (χ2v) is 6.26. The molecule has 0 aromatic carbocycles. The Morgan fingerprint density at radius 3 is 2.60 bits per heavy atom. The molecule has 2 fully saturated rings. The van der Waals surface area contributed by atoms with Gasteiger partial charge < -0.3 is 15.2 Å². The van der Waals surface area contributed by atoms with Crippen molar-refractivity contribution in [1.29, 1.82) is 0 Å². The van der Waals surface area contributed by atoms with E-state index in [1.54, 1.807) is 0 Å². The Hall–Kier alpha value is -1.36. The van der Waals surface area contributed by atoms with E-state index >= 15 is 0 Å². The number of amides is 1. The lowest BCUT2D eigenvalue weighted by atomic mass is 9.82. The molecule has 6 atom stereocenters. The fourth-order valence-electron chi connectivity index (χ4n) is 3.90. The zero-order chi connectivity index (χ0) is 14.3. The number of fused-ring (bicyclic) bond motifs is 2. The molecule has 1 saturated heterocycles. The fourth-order valence-corrected chi connectivity index (χ4v) is 3.90. The van der Waals surface area contributed by atoms with Gasteiger partial charge in [-0.25, -0.2) is 0 Å². The number of carbonyl (C=O) groups is 2. The molecule has 0 radical (unpaired) electrons. The van der Waals surface area contributed by atoms with Gasteiger partial charge in [-0.3, -0.25) is 9.59 Å². The molecule has 5 heteroatoms. The van der Waals surface area contributed by atoms with Gasteiger partial charge in [0.05, 0.1) is 18.4 Å². The Morgan fingerprint density at radius 1 is 1.30 bits per heavy atom. The van der Waals surface area contributed by atoms with Crippen molar-refractivity contribution in [1.82, 2.24) is 5.32 Å². The minimum Gasteiger partial charge on any atom is -0.481 e. The number of hydrogen-bond acceptors (Lipinski definition) is 3. The lowest BCUT2D eigenvalue weighted by molar-refractivity contribution is -0.148. The summed E-state index contributed by atoms with van der Waals surface area (Å²) >= 11 is 0. The van der Waals surface area contributed by atoms with Gasteiger partial charge in [0, 0.05) is 18.6 Å². The SMILES string of the molecule is CC(NC(=O)C1C2C=CC(C2)C1C(=O)O)C1CCOC1. The molecule has 1 amide bonds. The van der Waals surface area contributed by atoms with Crippen LogP contribution in [0.25, 0.3) is 0 Å². The van der Waals surface area contributed by atoms with E-state index in [2.05, 4.69) is 5.32 Å². The molecule has 20 heavy (non-hydrogen) atoms. The van der Waals surface area contributed by atoms with Crippen LogP contribution in [0, 0.1) is 29.6 Å². The van der Waals surface area contributed by atoms with Crippen molar-refractivity contribution in [2.45, 2.75) is 25.8 Å². The number of carboxylic acids is 1. The average Bonchev–Trinajstić information content (AvgIpc) is 3.13. The Morgan fingerprint density at radius 2 is 2.00 bits per heavy atom. The number of hydrogen-bond donors (Lipinski definition) is 2. The minimum absolute atomic E-state index is 0.0263. The molecular weight excluding hydrogens is 258 g/mol. The molecule has 1 heterocycles. The predicted molar refractivity (Wildman–Crippen MR) is 71.9 cm³/mol. The summed E-state index contributed by atoms with van der Waals surface area (Å²) in [4.78, 5) is 23.9. The van der Waals surface area contributed by atoms with Gasteiger partial charge in [-0.1, -0.05) is 12.2 Å². The first kappa shape index (κ1) is 13.6. The van der Waals surface area contributed by atoms with Crippen molar-refractivity contribution < 1.29 is 19.4 Å². The zero-order valence-electron chi connectivity index (χ0n) is 11.6. The Labute approximate surface area is 118 Å². The Balaban J connectivity index is 1.67. The maximum absolute atomic E-state index is 12.5. The van der Waals surface area contributed by atoms with Crippen molar-refractivity contribution in [3.8, 4) is 0 Å².